The fourth-order valence-corrected chi connectivity index (χ4v) is 4.15. The molecule has 6 nitrogen and oxygen atoms in total. The van der Waals surface area contributed by atoms with Gasteiger partial charge in [0.25, 0.3) is 0 Å². The van der Waals surface area contributed by atoms with Crippen LogP contribution in [-0.2, 0) is 6.18 Å². The number of likely N-dealkylation sites (tertiary alicyclic amines) is 1. The molecule has 9 heteroatoms. The number of aliphatic hydroxyl groups excluding tert-OH is 1. The second kappa shape index (κ2) is 6.84. The summed E-state index contributed by atoms with van der Waals surface area (Å²) < 4.78 is 39.8. The molecule has 3 rings (SSSR count). The molecular weight excluding hydrogens is 347 g/mol. The van der Waals surface area contributed by atoms with E-state index >= 15 is 0 Å². The molecule has 0 saturated carbocycles. The number of aromatic nitrogens is 2. The molecule has 0 unspecified atom stereocenters. The van der Waals surface area contributed by atoms with Crippen molar-refractivity contribution in [3.05, 3.63) is 11.8 Å². The van der Waals surface area contributed by atoms with Crippen LogP contribution >= 0.6 is 0 Å². The van der Waals surface area contributed by atoms with Gasteiger partial charge in [-0.25, -0.2) is 4.98 Å². The van der Waals surface area contributed by atoms with Crippen LogP contribution in [0.5, 0.6) is 0 Å². The summed E-state index contributed by atoms with van der Waals surface area (Å²) in [6.07, 6.45) is -1.80. The molecule has 1 aromatic rings. The summed E-state index contributed by atoms with van der Waals surface area (Å²) in [5.41, 5.74) is -1.10. The van der Waals surface area contributed by atoms with E-state index in [1.807, 2.05) is 11.9 Å². The molecule has 0 bridgehead atoms. The van der Waals surface area contributed by atoms with Crippen molar-refractivity contribution < 1.29 is 18.3 Å². The highest BCUT2D eigenvalue weighted by Crippen LogP contribution is 2.42. The van der Waals surface area contributed by atoms with Gasteiger partial charge < -0.3 is 19.8 Å². The van der Waals surface area contributed by atoms with Crippen LogP contribution in [0.2, 0.25) is 0 Å². The number of nitrogens with zero attached hydrogens (tertiary/aromatic N) is 5. The molecule has 0 amide bonds. The van der Waals surface area contributed by atoms with Gasteiger partial charge in [0.15, 0.2) is 5.69 Å². The van der Waals surface area contributed by atoms with E-state index in [4.69, 9.17) is 0 Å². The summed E-state index contributed by atoms with van der Waals surface area (Å²) in [4.78, 5) is 13.6. The number of halogens is 3. The molecule has 2 saturated heterocycles. The molecule has 0 spiro atoms. The van der Waals surface area contributed by atoms with Gasteiger partial charge in [0, 0.05) is 44.7 Å². The van der Waals surface area contributed by atoms with E-state index < -0.39 is 11.9 Å². The van der Waals surface area contributed by atoms with Crippen LogP contribution in [0.25, 0.3) is 0 Å². The highest BCUT2D eigenvalue weighted by Gasteiger charge is 2.47. The number of rotatable bonds is 3. The predicted molar refractivity (Wildman–Crippen MR) is 93.4 cm³/mol. The highest BCUT2D eigenvalue weighted by molar-refractivity contribution is 5.47. The zero-order chi connectivity index (χ0) is 19.1. The lowest BCUT2D eigenvalue weighted by molar-refractivity contribution is -0.141. The number of fused-ring (bicyclic) bond motifs is 1. The van der Waals surface area contributed by atoms with Gasteiger partial charge in [-0.15, -0.1) is 0 Å². The topological polar surface area (TPSA) is 55.7 Å². The maximum Gasteiger partial charge on any atom is 0.433 e. The molecule has 1 N–H and O–H groups in total. The van der Waals surface area contributed by atoms with Crippen molar-refractivity contribution in [3.8, 4) is 0 Å². The molecule has 1 aromatic heterocycles. The van der Waals surface area contributed by atoms with Gasteiger partial charge in [-0.1, -0.05) is 0 Å². The Morgan fingerprint density at radius 1 is 1.27 bits per heavy atom. The van der Waals surface area contributed by atoms with E-state index in [0.29, 0.717) is 18.9 Å². The van der Waals surface area contributed by atoms with Crippen molar-refractivity contribution >= 4 is 11.8 Å². The minimum absolute atomic E-state index is 0.0471. The third-order valence-electron chi connectivity index (χ3n) is 5.73. The molecule has 2 atom stereocenters. The Labute approximate surface area is 151 Å². The summed E-state index contributed by atoms with van der Waals surface area (Å²) >= 11 is 0. The average molecular weight is 373 g/mol. The van der Waals surface area contributed by atoms with Gasteiger partial charge in [-0.3, -0.25) is 0 Å². The van der Waals surface area contributed by atoms with Crippen molar-refractivity contribution in [1.82, 2.24) is 14.9 Å². The summed E-state index contributed by atoms with van der Waals surface area (Å²) in [7, 11) is 5.27. The van der Waals surface area contributed by atoms with Gasteiger partial charge in [0.1, 0.15) is 5.82 Å². The van der Waals surface area contributed by atoms with E-state index in [-0.39, 0.29) is 24.0 Å². The number of hydrogen-bond acceptors (Lipinski definition) is 6. The van der Waals surface area contributed by atoms with Crippen LogP contribution in [-0.4, -0.2) is 73.4 Å². The summed E-state index contributed by atoms with van der Waals surface area (Å²) in [5.74, 6) is 0.340. The minimum Gasteiger partial charge on any atom is -0.396 e. The first-order chi connectivity index (χ1) is 12.2. The van der Waals surface area contributed by atoms with Crippen LogP contribution in [0.4, 0.5) is 24.9 Å². The molecule has 0 aromatic carbocycles. The van der Waals surface area contributed by atoms with Crippen molar-refractivity contribution in [2.75, 3.05) is 57.2 Å². The number of anilines is 2. The van der Waals surface area contributed by atoms with Gasteiger partial charge in [0.05, 0.1) is 6.61 Å². The molecule has 2 fully saturated rings. The Balaban J connectivity index is 1.93. The molecule has 0 radical (unpaired) electrons. The van der Waals surface area contributed by atoms with E-state index in [0.717, 1.165) is 31.9 Å². The first kappa shape index (κ1) is 19.2. The second-order valence-electron chi connectivity index (χ2n) is 7.62. The number of likely N-dealkylation sites (N-methyl/N-ethyl adjacent to an activating group) is 1. The lowest BCUT2D eigenvalue weighted by Gasteiger charge is -2.53. The number of hydrogen-bond donors (Lipinski definition) is 1. The van der Waals surface area contributed by atoms with Crippen LogP contribution in [0.15, 0.2) is 6.07 Å². The number of piperidine rings is 2. The molecular formula is C17H26F3N5O. The smallest absolute Gasteiger partial charge is 0.396 e. The minimum atomic E-state index is -4.52. The molecule has 0 aliphatic carbocycles. The predicted octanol–water partition coefficient (Wildman–Crippen LogP) is 1.84. The maximum atomic E-state index is 13.3. The molecule has 2 aliphatic heterocycles. The first-order valence-electron chi connectivity index (χ1n) is 8.86. The first-order valence-corrected chi connectivity index (χ1v) is 8.86. The van der Waals surface area contributed by atoms with Gasteiger partial charge >= 0.3 is 6.18 Å². The standard InChI is InChI=1S/C17H26F3N5O/c1-23(2)15-21-12(17(18,19)20)9-14(22-15)25-8-6-16(11-26)5-4-7-24(3)13(16)10-25/h9,13,26H,4-8,10-11H2,1-3H3/t13-,16-/m1/s1. The quantitative estimate of drug-likeness (QED) is 0.873. The van der Waals surface area contributed by atoms with Gasteiger partial charge in [-0.05, 0) is 32.9 Å². The van der Waals surface area contributed by atoms with Crippen molar-refractivity contribution in [2.45, 2.75) is 31.5 Å². The monoisotopic (exact) mass is 373 g/mol. The van der Waals surface area contributed by atoms with Crippen molar-refractivity contribution in [3.63, 3.8) is 0 Å². The second-order valence-corrected chi connectivity index (χ2v) is 7.62. The Morgan fingerprint density at radius 3 is 2.62 bits per heavy atom. The summed E-state index contributed by atoms with van der Waals surface area (Å²) in [5, 5.41) is 9.99. The van der Waals surface area contributed by atoms with E-state index in [2.05, 4.69) is 14.9 Å². The van der Waals surface area contributed by atoms with E-state index in [1.165, 1.54) is 4.90 Å². The third kappa shape index (κ3) is 3.46. The van der Waals surface area contributed by atoms with Gasteiger partial charge in [-0.2, -0.15) is 18.2 Å². The lowest BCUT2D eigenvalue weighted by Crippen LogP contribution is -2.61. The van der Waals surface area contributed by atoms with Crippen LogP contribution < -0.4 is 9.80 Å². The van der Waals surface area contributed by atoms with Crippen molar-refractivity contribution in [2.24, 2.45) is 5.41 Å². The van der Waals surface area contributed by atoms with Crippen molar-refractivity contribution in [1.29, 1.82) is 0 Å². The maximum absolute atomic E-state index is 13.3. The molecule has 2 aliphatic rings. The third-order valence-corrected chi connectivity index (χ3v) is 5.73. The largest absolute Gasteiger partial charge is 0.433 e. The lowest BCUT2D eigenvalue weighted by atomic mass is 9.69. The zero-order valence-corrected chi connectivity index (χ0v) is 15.4. The Bertz CT molecular complexity index is 654. The van der Waals surface area contributed by atoms with Crippen LogP contribution in [0.1, 0.15) is 25.0 Å². The van der Waals surface area contributed by atoms with Crippen LogP contribution in [0, 0.1) is 5.41 Å². The van der Waals surface area contributed by atoms with E-state index in [9.17, 15) is 18.3 Å². The average Bonchev–Trinajstić information content (AvgIpc) is 2.60. The fraction of sp³-hybridized carbons (Fsp3) is 0.765. The molecule has 26 heavy (non-hydrogen) atoms. The Kier molecular flexibility index (Phi) is 5.04. The van der Waals surface area contributed by atoms with Crippen LogP contribution in [0.3, 0.4) is 0 Å². The molecule has 3 heterocycles. The normalized spacial score (nSPS) is 27.3. The molecule has 146 valence electrons. The Morgan fingerprint density at radius 2 is 2.00 bits per heavy atom. The number of aliphatic hydroxyl groups is 1. The number of alkyl halides is 3. The zero-order valence-electron chi connectivity index (χ0n) is 15.4. The Hall–Kier alpha value is -1.61. The summed E-state index contributed by atoms with van der Waals surface area (Å²) in [6.45, 7) is 2.17. The van der Waals surface area contributed by atoms with E-state index in [1.54, 1.807) is 14.1 Å². The summed E-state index contributed by atoms with van der Waals surface area (Å²) in [6, 6.07) is 1.13. The SMILES string of the molecule is CN(C)c1nc(N2CC[C@@]3(CO)CCCN(C)[C@@H]3C2)cc(C(F)(F)F)n1. The van der Waals surface area contributed by atoms with Gasteiger partial charge in [0.2, 0.25) is 5.95 Å². The highest BCUT2D eigenvalue weighted by atomic mass is 19.4. The fourth-order valence-electron chi connectivity index (χ4n) is 4.15.